The van der Waals surface area contributed by atoms with Crippen molar-refractivity contribution < 1.29 is 14.7 Å². The van der Waals surface area contributed by atoms with Crippen LogP contribution in [0.4, 0.5) is 0 Å². The first kappa shape index (κ1) is 13.4. The molecule has 0 fully saturated rings. The summed E-state index contributed by atoms with van der Waals surface area (Å²) in [5.74, 6) is -0.992. The van der Waals surface area contributed by atoms with Gasteiger partial charge in [0.25, 0.3) is 5.91 Å². The second-order valence-corrected chi connectivity index (χ2v) is 5.13. The van der Waals surface area contributed by atoms with Crippen molar-refractivity contribution in [3.63, 3.8) is 0 Å². The molecule has 0 bridgehead atoms. The van der Waals surface area contributed by atoms with Crippen LogP contribution in [0, 0.1) is 0 Å². The van der Waals surface area contributed by atoms with Gasteiger partial charge in [0.05, 0.1) is 17.3 Å². The Morgan fingerprint density at radius 3 is 2.81 bits per heavy atom. The van der Waals surface area contributed by atoms with Crippen LogP contribution >= 0.6 is 0 Å². The number of benzene rings is 1. The summed E-state index contributed by atoms with van der Waals surface area (Å²) in [4.78, 5) is 25.3. The lowest BCUT2D eigenvalue weighted by Gasteiger charge is -2.29. The zero-order valence-electron chi connectivity index (χ0n) is 11.6. The average molecular weight is 285 g/mol. The molecule has 1 N–H and O–H groups in total. The molecule has 1 aliphatic rings. The van der Waals surface area contributed by atoms with Crippen molar-refractivity contribution in [3.8, 4) is 0 Å². The molecule has 0 aliphatic carbocycles. The normalized spacial score (nSPS) is 13.9. The smallest absolute Gasteiger partial charge is 0.335 e. The van der Waals surface area contributed by atoms with Gasteiger partial charge in [-0.3, -0.25) is 9.48 Å². The van der Waals surface area contributed by atoms with E-state index in [1.807, 2.05) is 6.07 Å². The van der Waals surface area contributed by atoms with E-state index in [0.29, 0.717) is 30.6 Å². The highest BCUT2D eigenvalue weighted by Crippen LogP contribution is 2.23. The fourth-order valence-electron chi connectivity index (χ4n) is 2.70. The first-order valence-corrected chi connectivity index (χ1v) is 6.68. The molecule has 0 atom stereocenters. The molecule has 1 amide bonds. The molecule has 6 nitrogen and oxygen atoms in total. The van der Waals surface area contributed by atoms with E-state index < -0.39 is 5.97 Å². The number of hydrogen-bond acceptors (Lipinski definition) is 3. The monoisotopic (exact) mass is 285 g/mol. The lowest BCUT2D eigenvalue weighted by Crippen LogP contribution is -2.36. The Balaban J connectivity index is 1.86. The van der Waals surface area contributed by atoms with Crippen LogP contribution in [0.2, 0.25) is 0 Å². The molecular formula is C15H15N3O3. The third-order valence-corrected chi connectivity index (χ3v) is 3.74. The van der Waals surface area contributed by atoms with Crippen LogP contribution in [-0.4, -0.2) is 38.2 Å². The first-order valence-electron chi connectivity index (χ1n) is 6.68. The number of carbonyl (C=O) groups is 2. The summed E-state index contributed by atoms with van der Waals surface area (Å²) >= 11 is 0. The van der Waals surface area contributed by atoms with E-state index in [1.165, 1.54) is 0 Å². The molecule has 0 spiro atoms. The van der Waals surface area contributed by atoms with Gasteiger partial charge in [-0.2, -0.15) is 5.10 Å². The van der Waals surface area contributed by atoms with Gasteiger partial charge < -0.3 is 10.0 Å². The highest BCUT2D eigenvalue weighted by atomic mass is 16.4. The number of hydrogen-bond donors (Lipinski definition) is 1. The molecule has 2 heterocycles. The van der Waals surface area contributed by atoms with E-state index in [2.05, 4.69) is 5.10 Å². The Bertz CT molecular complexity index is 721. The van der Waals surface area contributed by atoms with Gasteiger partial charge in [0.1, 0.15) is 0 Å². The summed E-state index contributed by atoms with van der Waals surface area (Å²) in [6.07, 6.45) is 3.79. The van der Waals surface area contributed by atoms with Gasteiger partial charge in [-0.15, -0.1) is 0 Å². The molecule has 3 rings (SSSR count). The van der Waals surface area contributed by atoms with Crippen molar-refractivity contribution in [2.45, 2.75) is 13.0 Å². The molecule has 2 aromatic rings. The largest absolute Gasteiger partial charge is 0.478 e. The number of carboxylic acid groups (broad SMARTS) is 1. The maximum absolute atomic E-state index is 12.4. The van der Waals surface area contributed by atoms with Gasteiger partial charge in [0, 0.05) is 26.3 Å². The highest BCUT2D eigenvalue weighted by molar-refractivity contribution is 5.94. The van der Waals surface area contributed by atoms with Crippen LogP contribution in [0.25, 0.3) is 0 Å². The molecule has 6 heteroatoms. The minimum absolute atomic E-state index is 0.0746. The maximum Gasteiger partial charge on any atom is 0.335 e. The van der Waals surface area contributed by atoms with Crippen molar-refractivity contribution in [1.29, 1.82) is 0 Å². The third-order valence-electron chi connectivity index (χ3n) is 3.74. The summed E-state index contributed by atoms with van der Waals surface area (Å²) in [7, 11) is 1.77. The Kier molecular flexibility index (Phi) is 3.21. The highest BCUT2D eigenvalue weighted by Gasteiger charge is 2.25. The topological polar surface area (TPSA) is 75.4 Å². The standard InChI is InChI=1S/C15H15N3O3/c1-17-8-11(7-16-17)14(19)18-6-5-12-10(9-18)3-2-4-13(12)15(20)21/h2-4,7-8H,5-6,9H2,1H3,(H,20,21). The zero-order valence-corrected chi connectivity index (χ0v) is 11.6. The Hall–Kier alpha value is -2.63. The second-order valence-electron chi connectivity index (χ2n) is 5.13. The number of nitrogens with zero attached hydrogens (tertiary/aromatic N) is 3. The van der Waals surface area contributed by atoms with E-state index >= 15 is 0 Å². The van der Waals surface area contributed by atoms with Gasteiger partial charge in [0.2, 0.25) is 0 Å². The minimum Gasteiger partial charge on any atom is -0.478 e. The van der Waals surface area contributed by atoms with Crippen molar-refractivity contribution in [2.24, 2.45) is 7.05 Å². The summed E-state index contributed by atoms with van der Waals surface area (Å²) < 4.78 is 1.59. The number of aryl methyl sites for hydroxylation is 1. The molecule has 0 radical (unpaired) electrons. The molecule has 1 aromatic carbocycles. The molecule has 21 heavy (non-hydrogen) atoms. The maximum atomic E-state index is 12.4. The van der Waals surface area contributed by atoms with E-state index in [4.69, 9.17) is 0 Å². The number of aromatic nitrogens is 2. The minimum atomic E-state index is -0.918. The summed E-state index contributed by atoms with van der Waals surface area (Å²) in [5.41, 5.74) is 2.62. The fraction of sp³-hybridized carbons (Fsp3) is 0.267. The predicted molar refractivity (Wildman–Crippen MR) is 75.1 cm³/mol. The van der Waals surface area contributed by atoms with Gasteiger partial charge in [-0.1, -0.05) is 12.1 Å². The molecule has 108 valence electrons. The fourth-order valence-corrected chi connectivity index (χ4v) is 2.70. The average Bonchev–Trinajstić information content (AvgIpc) is 2.91. The van der Waals surface area contributed by atoms with E-state index in [1.54, 1.807) is 41.2 Å². The Morgan fingerprint density at radius 1 is 1.33 bits per heavy atom. The number of rotatable bonds is 2. The van der Waals surface area contributed by atoms with Crippen molar-refractivity contribution in [3.05, 3.63) is 52.8 Å². The first-order chi connectivity index (χ1) is 10.1. The molecule has 0 saturated carbocycles. The van der Waals surface area contributed by atoms with Crippen molar-refractivity contribution >= 4 is 11.9 Å². The summed E-state index contributed by atoms with van der Waals surface area (Å²) in [6, 6.07) is 5.21. The molecule has 0 unspecified atom stereocenters. The van der Waals surface area contributed by atoms with Crippen LogP contribution in [0.15, 0.2) is 30.6 Å². The van der Waals surface area contributed by atoms with Gasteiger partial charge in [-0.25, -0.2) is 4.79 Å². The third kappa shape index (κ3) is 2.40. The second kappa shape index (κ2) is 5.05. The van der Waals surface area contributed by atoms with Gasteiger partial charge in [0.15, 0.2) is 0 Å². The number of carboxylic acids is 1. The van der Waals surface area contributed by atoms with Crippen molar-refractivity contribution in [2.75, 3.05) is 6.54 Å². The molecule has 1 aromatic heterocycles. The van der Waals surface area contributed by atoms with E-state index in [9.17, 15) is 14.7 Å². The van der Waals surface area contributed by atoms with Crippen molar-refractivity contribution in [1.82, 2.24) is 14.7 Å². The SMILES string of the molecule is Cn1cc(C(=O)N2CCc3c(cccc3C(=O)O)C2)cn1. The molecule has 1 aliphatic heterocycles. The molecular weight excluding hydrogens is 270 g/mol. The lowest BCUT2D eigenvalue weighted by molar-refractivity contribution is 0.0694. The number of carbonyl (C=O) groups excluding carboxylic acids is 1. The Morgan fingerprint density at radius 2 is 2.14 bits per heavy atom. The Labute approximate surface area is 121 Å². The van der Waals surface area contributed by atoms with Crippen LogP contribution in [0.5, 0.6) is 0 Å². The van der Waals surface area contributed by atoms with E-state index in [0.717, 1.165) is 11.1 Å². The lowest BCUT2D eigenvalue weighted by atomic mass is 9.94. The van der Waals surface area contributed by atoms with Gasteiger partial charge >= 0.3 is 5.97 Å². The quantitative estimate of drug-likeness (QED) is 0.903. The zero-order chi connectivity index (χ0) is 15.0. The van der Waals surface area contributed by atoms with Gasteiger partial charge in [-0.05, 0) is 23.6 Å². The predicted octanol–water partition coefficient (Wildman–Crippen LogP) is 1.32. The number of fused-ring (bicyclic) bond motifs is 1. The van der Waals surface area contributed by atoms with Crippen LogP contribution in [0.3, 0.4) is 0 Å². The summed E-state index contributed by atoms with van der Waals surface area (Å²) in [5, 5.41) is 13.2. The van der Waals surface area contributed by atoms with Crippen LogP contribution in [-0.2, 0) is 20.0 Å². The summed E-state index contributed by atoms with van der Waals surface area (Å²) in [6.45, 7) is 0.954. The van der Waals surface area contributed by atoms with Crippen LogP contribution < -0.4 is 0 Å². The van der Waals surface area contributed by atoms with Crippen LogP contribution in [0.1, 0.15) is 31.8 Å². The molecule has 0 saturated heterocycles. The number of amides is 1. The van der Waals surface area contributed by atoms with E-state index in [-0.39, 0.29) is 5.91 Å². The number of aromatic carboxylic acids is 1.